The SMILES string of the molecule is CC/C=C\C/C=C\C/C=C\C/C=C\C/C=C\C/C=C\C/C=C\C/C=C\CCCCCCCCCCCCCCCCCCC(=O)OC(COC(=O)CCCCCCCC/C=C\C/C=C\C/C=C\CCCCC)COC(OCC[N+](C)(C)C)C(=O)O. The molecule has 0 heterocycles. The number of ether oxygens (including phenoxy) is 4. The van der Waals surface area contributed by atoms with Crippen LogP contribution >= 0.6 is 0 Å². The molecule has 0 saturated carbocycles. The van der Waals surface area contributed by atoms with Crippen molar-refractivity contribution >= 4 is 17.9 Å². The molecule has 1 N–H and O–H groups in total. The Morgan fingerprint density at radius 2 is 0.671 bits per heavy atom. The molecule has 0 aliphatic heterocycles. The third-order valence-electron chi connectivity index (χ3n) is 14.4. The second kappa shape index (κ2) is 65.4. The van der Waals surface area contributed by atoms with E-state index >= 15 is 0 Å². The second-order valence-electron chi connectivity index (χ2n) is 23.7. The molecule has 85 heavy (non-hydrogen) atoms. The van der Waals surface area contributed by atoms with Crippen LogP contribution in [-0.4, -0.2) is 87.4 Å². The number of carboxylic acids is 1. The summed E-state index contributed by atoms with van der Waals surface area (Å²) in [6.07, 6.45) is 91.3. The van der Waals surface area contributed by atoms with Gasteiger partial charge in [0.15, 0.2) is 6.10 Å². The van der Waals surface area contributed by atoms with Crippen LogP contribution in [0.1, 0.15) is 271 Å². The van der Waals surface area contributed by atoms with Gasteiger partial charge in [-0.15, -0.1) is 0 Å². The van der Waals surface area contributed by atoms with Gasteiger partial charge in [0.2, 0.25) is 0 Å². The maximum absolute atomic E-state index is 12.9. The number of allylic oxidation sites excluding steroid dienone is 22. The number of carbonyl (C=O) groups is 3. The minimum absolute atomic E-state index is 0.181. The van der Waals surface area contributed by atoms with Crippen molar-refractivity contribution in [3.8, 4) is 0 Å². The first-order chi connectivity index (χ1) is 41.6. The Hall–Kier alpha value is -4.57. The summed E-state index contributed by atoms with van der Waals surface area (Å²) in [7, 11) is 5.97. The fraction of sp³-hybridized carbons (Fsp3) is 0.671. The molecule has 0 aromatic carbocycles. The first kappa shape index (κ1) is 80.4. The smallest absolute Gasteiger partial charge is 0.361 e. The van der Waals surface area contributed by atoms with Gasteiger partial charge >= 0.3 is 17.9 Å². The average molecular weight is 1180 g/mol. The van der Waals surface area contributed by atoms with Crippen LogP contribution in [0.25, 0.3) is 0 Å². The van der Waals surface area contributed by atoms with Gasteiger partial charge in [-0.2, -0.15) is 0 Å². The van der Waals surface area contributed by atoms with E-state index in [0.717, 1.165) is 109 Å². The lowest BCUT2D eigenvalue weighted by Crippen LogP contribution is -2.40. The molecule has 0 radical (unpaired) electrons. The third kappa shape index (κ3) is 66.8. The molecular formula is C76H128NO8+. The van der Waals surface area contributed by atoms with Crippen LogP contribution in [0.2, 0.25) is 0 Å². The fourth-order valence-electron chi connectivity index (χ4n) is 9.15. The first-order valence-electron chi connectivity index (χ1n) is 34.3. The van der Waals surface area contributed by atoms with Crippen molar-refractivity contribution < 1.29 is 42.9 Å². The number of esters is 2. The Labute approximate surface area is 522 Å². The molecule has 0 saturated heterocycles. The summed E-state index contributed by atoms with van der Waals surface area (Å²) >= 11 is 0. The molecule has 0 rings (SSSR count). The molecule has 0 aromatic rings. The molecule has 0 bridgehead atoms. The Morgan fingerprint density at radius 3 is 1.00 bits per heavy atom. The maximum Gasteiger partial charge on any atom is 0.361 e. The van der Waals surface area contributed by atoms with Crippen LogP contribution in [0.15, 0.2) is 134 Å². The van der Waals surface area contributed by atoms with E-state index in [2.05, 4.69) is 148 Å². The Balaban J connectivity index is 4.08. The van der Waals surface area contributed by atoms with Crippen LogP contribution in [0.5, 0.6) is 0 Å². The van der Waals surface area contributed by atoms with Gasteiger partial charge in [0, 0.05) is 12.8 Å². The predicted molar refractivity (Wildman–Crippen MR) is 364 cm³/mol. The van der Waals surface area contributed by atoms with Gasteiger partial charge in [-0.25, -0.2) is 4.79 Å². The minimum atomic E-state index is -1.52. The number of hydrogen-bond acceptors (Lipinski definition) is 7. The quantitative estimate of drug-likeness (QED) is 0.0211. The second-order valence-corrected chi connectivity index (χ2v) is 23.7. The highest BCUT2D eigenvalue weighted by atomic mass is 16.7. The van der Waals surface area contributed by atoms with E-state index in [9.17, 15) is 19.5 Å². The topological polar surface area (TPSA) is 108 Å². The van der Waals surface area contributed by atoms with Gasteiger partial charge in [-0.1, -0.05) is 276 Å². The number of carboxylic acid groups (broad SMARTS) is 1. The van der Waals surface area contributed by atoms with E-state index in [1.165, 1.54) is 128 Å². The normalized spacial score (nSPS) is 13.6. The molecule has 0 aliphatic carbocycles. The molecule has 0 fully saturated rings. The van der Waals surface area contributed by atoms with E-state index in [1.807, 2.05) is 21.1 Å². The molecule has 9 heteroatoms. The van der Waals surface area contributed by atoms with E-state index in [-0.39, 0.29) is 38.6 Å². The van der Waals surface area contributed by atoms with E-state index < -0.39 is 24.3 Å². The van der Waals surface area contributed by atoms with Crippen LogP contribution in [0, 0.1) is 0 Å². The van der Waals surface area contributed by atoms with Gasteiger partial charge < -0.3 is 28.5 Å². The summed E-state index contributed by atoms with van der Waals surface area (Å²) < 4.78 is 22.9. The fourth-order valence-corrected chi connectivity index (χ4v) is 9.15. The number of quaternary nitrogens is 1. The lowest BCUT2D eigenvalue weighted by atomic mass is 10.0. The zero-order valence-electron chi connectivity index (χ0n) is 55.2. The number of nitrogens with zero attached hydrogens (tertiary/aromatic N) is 1. The third-order valence-corrected chi connectivity index (χ3v) is 14.4. The van der Waals surface area contributed by atoms with E-state index in [1.54, 1.807) is 0 Å². The summed E-state index contributed by atoms with van der Waals surface area (Å²) in [5.41, 5.74) is 0. The van der Waals surface area contributed by atoms with E-state index in [4.69, 9.17) is 18.9 Å². The van der Waals surface area contributed by atoms with Gasteiger partial charge in [-0.3, -0.25) is 9.59 Å². The van der Waals surface area contributed by atoms with Gasteiger partial charge in [0.05, 0.1) is 34.4 Å². The maximum atomic E-state index is 12.9. The van der Waals surface area contributed by atoms with Crippen LogP contribution in [0.4, 0.5) is 0 Å². The van der Waals surface area contributed by atoms with Crippen molar-refractivity contribution in [3.63, 3.8) is 0 Å². The molecule has 2 unspecified atom stereocenters. The van der Waals surface area contributed by atoms with Crippen molar-refractivity contribution in [1.29, 1.82) is 0 Å². The van der Waals surface area contributed by atoms with Crippen molar-refractivity contribution in [3.05, 3.63) is 134 Å². The number of rotatable bonds is 62. The molecule has 0 aromatic heterocycles. The summed E-state index contributed by atoms with van der Waals surface area (Å²) in [5, 5.41) is 9.73. The number of carbonyl (C=O) groups excluding carboxylic acids is 2. The molecule has 0 spiro atoms. The van der Waals surface area contributed by atoms with Gasteiger partial charge in [0.25, 0.3) is 6.29 Å². The summed E-state index contributed by atoms with van der Waals surface area (Å²) in [4.78, 5) is 37.5. The zero-order valence-corrected chi connectivity index (χ0v) is 55.2. The van der Waals surface area contributed by atoms with Gasteiger partial charge in [-0.05, 0) is 116 Å². The highest BCUT2D eigenvalue weighted by molar-refractivity contribution is 5.71. The standard InChI is InChI=1S/C76H127NO8/c1-6-8-10-12-14-16-18-20-22-24-26-27-28-29-30-31-32-33-34-35-36-37-38-39-40-41-42-43-44-45-46-47-49-51-53-55-57-59-61-63-65-67-74(79)85-72(71-84-76(75(80)81)82-69-68-77(3,4)5)70-83-73(78)66-64-62-60-58-56-54-52-50-48-25-23-21-19-17-15-13-11-9-7-2/h8,10,14-17,20-23,26-27,29-30,32-33,35-36,38-39,48,50,72,76H,6-7,9,11-13,18-19,24-25,28,31,34,37,40-47,49,51-71H2,1-5H3/p+1/b10-8-,16-14-,17-15-,22-20-,23-21-,27-26-,30-29-,33-32-,36-35-,39-38-,50-48-. The molecule has 484 valence electrons. The van der Waals surface area contributed by atoms with Gasteiger partial charge in [0.1, 0.15) is 13.2 Å². The average Bonchev–Trinajstić information content (AvgIpc) is 3.49. The van der Waals surface area contributed by atoms with Crippen molar-refractivity contribution in [1.82, 2.24) is 0 Å². The Bertz CT molecular complexity index is 1860. The zero-order chi connectivity index (χ0) is 61.9. The summed E-state index contributed by atoms with van der Waals surface area (Å²) in [6, 6.07) is 0. The number of likely N-dealkylation sites (N-methyl/N-ethyl adjacent to an activating group) is 1. The predicted octanol–water partition coefficient (Wildman–Crippen LogP) is 21.4. The lowest BCUT2D eigenvalue weighted by molar-refractivity contribution is -0.870. The largest absolute Gasteiger partial charge is 0.477 e. The Morgan fingerprint density at radius 1 is 0.365 bits per heavy atom. The monoisotopic (exact) mass is 1180 g/mol. The highest BCUT2D eigenvalue weighted by Gasteiger charge is 2.25. The van der Waals surface area contributed by atoms with Crippen LogP contribution in [-0.2, 0) is 33.3 Å². The molecule has 9 nitrogen and oxygen atoms in total. The summed E-state index contributed by atoms with van der Waals surface area (Å²) in [5.74, 6) is -2.02. The van der Waals surface area contributed by atoms with E-state index in [0.29, 0.717) is 17.4 Å². The van der Waals surface area contributed by atoms with Crippen LogP contribution in [0.3, 0.4) is 0 Å². The number of hydrogen-bond donors (Lipinski definition) is 1. The van der Waals surface area contributed by atoms with Crippen molar-refractivity contribution in [2.45, 2.75) is 283 Å². The lowest BCUT2D eigenvalue weighted by Gasteiger charge is -2.25. The molecule has 0 aliphatic rings. The summed E-state index contributed by atoms with van der Waals surface area (Å²) in [6.45, 7) is 4.72. The van der Waals surface area contributed by atoms with Crippen molar-refractivity contribution in [2.75, 3.05) is 47.5 Å². The van der Waals surface area contributed by atoms with Crippen molar-refractivity contribution in [2.24, 2.45) is 0 Å². The Kier molecular flexibility index (Phi) is 61.9. The highest BCUT2D eigenvalue weighted by Crippen LogP contribution is 2.16. The first-order valence-corrected chi connectivity index (χ1v) is 34.3. The molecule has 2 atom stereocenters. The minimum Gasteiger partial charge on any atom is -0.477 e. The number of unbranched alkanes of at least 4 members (excludes halogenated alkanes) is 25. The van der Waals surface area contributed by atoms with Crippen LogP contribution < -0.4 is 0 Å². The molecular weight excluding hydrogens is 1050 g/mol. The molecule has 0 amide bonds. The number of aliphatic carboxylic acids is 1.